The van der Waals surface area contributed by atoms with Crippen molar-refractivity contribution in [2.75, 3.05) is 12.6 Å². The van der Waals surface area contributed by atoms with Crippen LogP contribution in [0.15, 0.2) is 116 Å². The maximum atomic E-state index is 14.0. The minimum absolute atomic E-state index is 0.165. The fourth-order valence-electron chi connectivity index (χ4n) is 2.85. The van der Waals surface area contributed by atoms with Crippen molar-refractivity contribution in [1.29, 1.82) is 0 Å². The standard InChI is InChI=1S/C20H20O2P2.2C3H6/c1-23(21,18-11-5-2-6-12-18)17-24(22,19-13-7-3-8-14-19)20-15-9-4-10-16-20;2*1-3-2/h2-16H,17H2,1H3;2*3H,1H2,2H3. The van der Waals surface area contributed by atoms with Gasteiger partial charge in [-0.15, -0.1) is 13.2 Å². The molecule has 0 aliphatic carbocycles. The maximum Gasteiger partial charge on any atom is 0.150 e. The molecule has 0 fully saturated rings. The van der Waals surface area contributed by atoms with E-state index in [9.17, 15) is 9.13 Å². The van der Waals surface area contributed by atoms with Crippen LogP contribution in [0.5, 0.6) is 0 Å². The van der Waals surface area contributed by atoms with Crippen molar-refractivity contribution in [2.45, 2.75) is 13.8 Å². The van der Waals surface area contributed by atoms with E-state index in [2.05, 4.69) is 13.2 Å². The molecule has 1 unspecified atom stereocenters. The van der Waals surface area contributed by atoms with Crippen LogP contribution in [-0.4, -0.2) is 12.6 Å². The molecule has 0 saturated heterocycles. The molecule has 1 atom stereocenters. The highest BCUT2D eigenvalue weighted by Gasteiger charge is 2.34. The summed E-state index contributed by atoms with van der Waals surface area (Å²) in [5.41, 5.74) is 0. The predicted octanol–water partition coefficient (Wildman–Crippen LogP) is 6.66. The van der Waals surface area contributed by atoms with Gasteiger partial charge in [0.25, 0.3) is 0 Å². The van der Waals surface area contributed by atoms with Crippen molar-refractivity contribution in [2.24, 2.45) is 0 Å². The van der Waals surface area contributed by atoms with Crippen molar-refractivity contribution >= 4 is 30.2 Å². The molecule has 3 aromatic carbocycles. The monoisotopic (exact) mass is 438 g/mol. The number of rotatable bonds is 5. The minimum Gasteiger partial charge on any atom is -0.318 e. The highest BCUT2D eigenvalue weighted by molar-refractivity contribution is 7.91. The van der Waals surface area contributed by atoms with Crippen LogP contribution in [0.2, 0.25) is 0 Å². The second-order valence-electron chi connectivity index (χ2n) is 6.81. The van der Waals surface area contributed by atoms with Crippen molar-refractivity contribution in [3.63, 3.8) is 0 Å². The zero-order chi connectivity index (χ0) is 22.5. The van der Waals surface area contributed by atoms with Gasteiger partial charge in [0.1, 0.15) is 7.14 Å². The Labute approximate surface area is 182 Å². The zero-order valence-electron chi connectivity index (χ0n) is 18.1. The van der Waals surface area contributed by atoms with Gasteiger partial charge in [-0.2, -0.15) is 0 Å². The second-order valence-corrected chi connectivity index (χ2v) is 13.2. The molecule has 0 saturated carbocycles. The van der Waals surface area contributed by atoms with Gasteiger partial charge in [-0.05, 0) is 20.5 Å². The topological polar surface area (TPSA) is 34.1 Å². The first kappa shape index (κ1) is 25.6. The van der Waals surface area contributed by atoms with Crippen LogP contribution in [0.3, 0.4) is 0 Å². The number of hydrogen-bond donors (Lipinski definition) is 0. The van der Waals surface area contributed by atoms with Gasteiger partial charge in [0.15, 0.2) is 7.14 Å². The van der Waals surface area contributed by atoms with Gasteiger partial charge in [0.2, 0.25) is 0 Å². The highest BCUT2D eigenvalue weighted by Crippen LogP contribution is 2.57. The first-order valence-corrected chi connectivity index (χ1v) is 14.1. The Morgan fingerprint density at radius 1 is 0.633 bits per heavy atom. The lowest BCUT2D eigenvalue weighted by Gasteiger charge is -2.23. The van der Waals surface area contributed by atoms with Crippen LogP contribution in [0.25, 0.3) is 0 Å². The molecule has 3 aromatic rings. The molecule has 158 valence electrons. The SMILES string of the molecule is C=CC.C=CC.CP(=O)(CP(=O)(c1ccccc1)c1ccccc1)c1ccccc1. The van der Waals surface area contributed by atoms with E-state index in [1.54, 1.807) is 18.8 Å². The Morgan fingerprint density at radius 2 is 0.900 bits per heavy atom. The number of hydrogen-bond acceptors (Lipinski definition) is 2. The van der Waals surface area contributed by atoms with E-state index >= 15 is 0 Å². The smallest absolute Gasteiger partial charge is 0.150 e. The van der Waals surface area contributed by atoms with Crippen LogP contribution in [0, 0.1) is 0 Å². The van der Waals surface area contributed by atoms with E-state index in [1.807, 2.05) is 105 Å². The van der Waals surface area contributed by atoms with Crippen molar-refractivity contribution in [3.8, 4) is 0 Å². The Bertz CT molecular complexity index is 932. The molecule has 30 heavy (non-hydrogen) atoms. The number of benzene rings is 3. The molecule has 0 spiro atoms. The van der Waals surface area contributed by atoms with Crippen LogP contribution in [-0.2, 0) is 9.13 Å². The molecule has 0 aliphatic rings. The summed E-state index contributed by atoms with van der Waals surface area (Å²) in [4.78, 5) is 0. The number of allylic oxidation sites excluding steroid dienone is 2. The van der Waals surface area contributed by atoms with Gasteiger partial charge in [0.05, 0.1) is 5.90 Å². The lowest BCUT2D eigenvalue weighted by atomic mass is 10.4. The lowest BCUT2D eigenvalue weighted by molar-refractivity contribution is 0.581. The molecule has 3 rings (SSSR count). The average molecular weight is 438 g/mol. The van der Waals surface area contributed by atoms with Crippen LogP contribution >= 0.6 is 14.3 Å². The summed E-state index contributed by atoms with van der Waals surface area (Å²) in [6.45, 7) is 12.2. The summed E-state index contributed by atoms with van der Waals surface area (Å²) in [6, 6.07) is 28.2. The van der Waals surface area contributed by atoms with Crippen LogP contribution in [0.4, 0.5) is 0 Å². The molecule has 2 nitrogen and oxygen atoms in total. The largest absolute Gasteiger partial charge is 0.318 e. The van der Waals surface area contributed by atoms with Crippen LogP contribution in [0.1, 0.15) is 13.8 Å². The normalized spacial score (nSPS) is 12.1. The van der Waals surface area contributed by atoms with E-state index in [0.717, 1.165) is 15.9 Å². The quantitative estimate of drug-likeness (QED) is 0.330. The predicted molar refractivity (Wildman–Crippen MR) is 136 cm³/mol. The molecule has 0 aliphatic heterocycles. The fourth-order valence-corrected chi connectivity index (χ4v) is 10.3. The third kappa shape index (κ3) is 7.45. The van der Waals surface area contributed by atoms with Gasteiger partial charge in [-0.25, -0.2) is 0 Å². The Kier molecular flexibility index (Phi) is 11.1. The molecular formula is C26H32O2P2. The second kappa shape index (κ2) is 13.0. The molecule has 0 bridgehead atoms. The molecule has 0 amide bonds. The lowest BCUT2D eigenvalue weighted by Crippen LogP contribution is -2.20. The fraction of sp³-hybridized carbons (Fsp3) is 0.154. The zero-order valence-corrected chi connectivity index (χ0v) is 19.9. The van der Waals surface area contributed by atoms with Crippen LogP contribution < -0.4 is 15.9 Å². The summed E-state index contributed by atoms with van der Waals surface area (Å²) >= 11 is 0. The van der Waals surface area contributed by atoms with E-state index in [4.69, 9.17) is 0 Å². The summed E-state index contributed by atoms with van der Waals surface area (Å²) in [7, 11) is -5.73. The molecule has 4 heteroatoms. The molecule has 0 radical (unpaired) electrons. The van der Waals surface area contributed by atoms with Gasteiger partial charge >= 0.3 is 0 Å². The van der Waals surface area contributed by atoms with Gasteiger partial charge in [0, 0.05) is 15.9 Å². The summed E-state index contributed by atoms with van der Waals surface area (Å²) < 4.78 is 27.4. The summed E-state index contributed by atoms with van der Waals surface area (Å²) in [5, 5.41) is 2.29. The maximum absolute atomic E-state index is 14.0. The average Bonchev–Trinajstić information content (AvgIpc) is 2.76. The van der Waals surface area contributed by atoms with Crippen molar-refractivity contribution in [1.82, 2.24) is 0 Å². The van der Waals surface area contributed by atoms with Gasteiger partial charge < -0.3 is 9.13 Å². The van der Waals surface area contributed by atoms with E-state index < -0.39 is 14.3 Å². The first-order valence-electron chi connectivity index (χ1n) is 9.82. The molecule has 0 N–H and O–H groups in total. The Hall–Kier alpha value is -2.40. The summed E-state index contributed by atoms with van der Waals surface area (Å²) in [5.74, 6) is 0.165. The van der Waals surface area contributed by atoms with Gasteiger partial charge in [-0.1, -0.05) is 103 Å². The third-order valence-electron chi connectivity index (χ3n) is 4.12. The van der Waals surface area contributed by atoms with E-state index in [-0.39, 0.29) is 5.90 Å². The third-order valence-corrected chi connectivity index (χ3v) is 11.5. The summed E-state index contributed by atoms with van der Waals surface area (Å²) in [6.07, 6.45) is 3.50. The highest BCUT2D eigenvalue weighted by atomic mass is 31.2. The van der Waals surface area contributed by atoms with Gasteiger partial charge in [-0.3, -0.25) is 0 Å². The van der Waals surface area contributed by atoms with Crippen molar-refractivity contribution < 1.29 is 9.13 Å². The van der Waals surface area contributed by atoms with E-state index in [1.165, 1.54) is 0 Å². The molecule has 0 aromatic heterocycles. The molecular weight excluding hydrogens is 406 g/mol. The van der Waals surface area contributed by atoms with E-state index in [0.29, 0.717) is 0 Å². The Balaban J connectivity index is 0.000000672. The first-order chi connectivity index (χ1) is 14.4. The van der Waals surface area contributed by atoms with Crippen molar-refractivity contribution in [3.05, 3.63) is 116 Å². The molecule has 0 heterocycles. The minimum atomic E-state index is -2.97. The Morgan fingerprint density at radius 3 is 1.20 bits per heavy atom.